The topological polar surface area (TPSA) is 36.4 Å². The van der Waals surface area contributed by atoms with Gasteiger partial charge in [-0.2, -0.15) is 0 Å². The number of carbonyl (C=O) groups is 1. The van der Waals surface area contributed by atoms with Gasteiger partial charge in [0.1, 0.15) is 0 Å². The number of nitrogens with zero attached hydrogens (tertiary/aromatic N) is 3. The fraction of sp³-hybridized carbons (Fsp3) is 0.571. The summed E-state index contributed by atoms with van der Waals surface area (Å²) in [6.07, 6.45) is 0. The summed E-state index contributed by atoms with van der Waals surface area (Å²) in [6.45, 7) is 10.3. The molecule has 1 aliphatic heterocycles. The lowest BCUT2D eigenvalue weighted by Gasteiger charge is -2.34. The lowest BCUT2D eigenvalue weighted by Crippen LogP contribution is -2.47. The molecule has 1 fully saturated rings. The summed E-state index contributed by atoms with van der Waals surface area (Å²) >= 11 is 0. The first-order valence-electron chi connectivity index (χ1n) is 6.46. The molecule has 1 aliphatic rings. The Morgan fingerprint density at radius 3 is 2.22 bits per heavy atom. The summed E-state index contributed by atoms with van der Waals surface area (Å²) in [7, 11) is 0. The van der Waals surface area contributed by atoms with E-state index < -0.39 is 0 Å². The number of piperazine rings is 1. The highest BCUT2D eigenvalue weighted by Gasteiger charge is 2.18. The summed E-state index contributed by atoms with van der Waals surface area (Å²) in [5, 5.41) is 0. The van der Waals surface area contributed by atoms with Crippen molar-refractivity contribution in [2.75, 3.05) is 26.2 Å². The van der Waals surface area contributed by atoms with Gasteiger partial charge in [0.15, 0.2) is 0 Å². The molecule has 1 aromatic heterocycles. The standard InChI is InChI=1S/C14H21N3O/c1-11-8-14(9-12(2)15-11)10-16-4-6-17(7-5-16)13(3)18/h8-9H,4-7,10H2,1-3H3. The summed E-state index contributed by atoms with van der Waals surface area (Å²) in [5.41, 5.74) is 3.47. The zero-order valence-corrected chi connectivity index (χ0v) is 11.4. The summed E-state index contributed by atoms with van der Waals surface area (Å²) in [6, 6.07) is 4.29. The second kappa shape index (κ2) is 5.48. The molecule has 4 heteroatoms. The van der Waals surface area contributed by atoms with Gasteiger partial charge in [0, 0.05) is 51.0 Å². The molecule has 1 aromatic rings. The Kier molecular flexibility index (Phi) is 3.97. The van der Waals surface area contributed by atoms with Crippen LogP contribution in [0.4, 0.5) is 0 Å². The molecular weight excluding hydrogens is 226 g/mol. The number of hydrogen-bond acceptors (Lipinski definition) is 3. The third kappa shape index (κ3) is 3.29. The highest BCUT2D eigenvalue weighted by Crippen LogP contribution is 2.11. The van der Waals surface area contributed by atoms with Crippen LogP contribution >= 0.6 is 0 Å². The molecule has 4 nitrogen and oxygen atoms in total. The van der Waals surface area contributed by atoms with Gasteiger partial charge in [-0.1, -0.05) is 0 Å². The molecule has 1 saturated heterocycles. The average Bonchev–Trinajstić information content (AvgIpc) is 2.28. The van der Waals surface area contributed by atoms with Crippen LogP contribution in [0.1, 0.15) is 23.9 Å². The van der Waals surface area contributed by atoms with Gasteiger partial charge in [-0.25, -0.2) is 0 Å². The van der Waals surface area contributed by atoms with Crippen LogP contribution in [-0.2, 0) is 11.3 Å². The third-order valence-corrected chi connectivity index (χ3v) is 3.37. The predicted molar refractivity (Wildman–Crippen MR) is 71.2 cm³/mol. The maximum atomic E-state index is 11.3. The maximum absolute atomic E-state index is 11.3. The number of aryl methyl sites for hydroxylation is 2. The van der Waals surface area contributed by atoms with Crippen molar-refractivity contribution < 1.29 is 4.79 Å². The van der Waals surface area contributed by atoms with Crippen LogP contribution in [0, 0.1) is 13.8 Å². The van der Waals surface area contributed by atoms with Gasteiger partial charge in [0.2, 0.25) is 5.91 Å². The highest BCUT2D eigenvalue weighted by atomic mass is 16.2. The minimum atomic E-state index is 0.185. The molecule has 0 spiro atoms. The number of pyridine rings is 1. The summed E-state index contributed by atoms with van der Waals surface area (Å²) in [5.74, 6) is 0.185. The van der Waals surface area contributed by atoms with E-state index in [9.17, 15) is 4.79 Å². The molecule has 0 bridgehead atoms. The van der Waals surface area contributed by atoms with Crippen LogP contribution in [0.25, 0.3) is 0 Å². The van der Waals surface area contributed by atoms with Crippen molar-refractivity contribution in [2.24, 2.45) is 0 Å². The summed E-state index contributed by atoms with van der Waals surface area (Å²) < 4.78 is 0. The van der Waals surface area contributed by atoms with Crippen molar-refractivity contribution in [3.63, 3.8) is 0 Å². The first kappa shape index (κ1) is 13.0. The molecule has 0 aliphatic carbocycles. The maximum Gasteiger partial charge on any atom is 0.219 e. The van der Waals surface area contributed by atoms with E-state index in [0.29, 0.717) is 0 Å². The van der Waals surface area contributed by atoms with E-state index in [0.717, 1.165) is 44.1 Å². The Bertz CT molecular complexity index is 416. The quantitative estimate of drug-likeness (QED) is 0.792. The minimum Gasteiger partial charge on any atom is -0.340 e. The van der Waals surface area contributed by atoms with E-state index in [2.05, 4.69) is 22.0 Å². The van der Waals surface area contributed by atoms with Gasteiger partial charge in [0.05, 0.1) is 0 Å². The Hall–Kier alpha value is -1.42. The molecule has 0 radical (unpaired) electrons. The largest absolute Gasteiger partial charge is 0.340 e. The van der Waals surface area contributed by atoms with Crippen LogP contribution in [0.3, 0.4) is 0 Å². The van der Waals surface area contributed by atoms with Crippen LogP contribution in [0.5, 0.6) is 0 Å². The molecule has 0 aromatic carbocycles. The van der Waals surface area contributed by atoms with E-state index in [-0.39, 0.29) is 5.91 Å². The molecule has 2 rings (SSSR count). The Morgan fingerprint density at radius 2 is 1.72 bits per heavy atom. The van der Waals surface area contributed by atoms with E-state index in [1.807, 2.05) is 18.7 Å². The lowest BCUT2D eigenvalue weighted by molar-refractivity contribution is -0.130. The lowest BCUT2D eigenvalue weighted by atomic mass is 10.1. The van der Waals surface area contributed by atoms with Crippen LogP contribution in [0.15, 0.2) is 12.1 Å². The molecule has 0 atom stereocenters. The van der Waals surface area contributed by atoms with Crippen molar-refractivity contribution in [2.45, 2.75) is 27.3 Å². The molecule has 0 saturated carbocycles. The van der Waals surface area contributed by atoms with Gasteiger partial charge in [-0.15, -0.1) is 0 Å². The molecule has 1 amide bonds. The Balaban J connectivity index is 1.93. The molecule has 2 heterocycles. The van der Waals surface area contributed by atoms with Gasteiger partial charge in [-0.3, -0.25) is 14.7 Å². The normalized spacial score (nSPS) is 16.9. The average molecular weight is 247 g/mol. The molecule has 0 unspecified atom stereocenters. The van der Waals surface area contributed by atoms with Crippen molar-refractivity contribution in [3.05, 3.63) is 29.1 Å². The zero-order valence-electron chi connectivity index (χ0n) is 11.4. The molecule has 0 N–H and O–H groups in total. The zero-order chi connectivity index (χ0) is 13.1. The number of hydrogen-bond donors (Lipinski definition) is 0. The second-order valence-corrected chi connectivity index (χ2v) is 5.04. The SMILES string of the molecule is CC(=O)N1CCN(Cc2cc(C)nc(C)c2)CC1. The van der Waals surface area contributed by atoms with Crippen LogP contribution in [0.2, 0.25) is 0 Å². The smallest absolute Gasteiger partial charge is 0.219 e. The minimum absolute atomic E-state index is 0.185. The number of amides is 1. The van der Waals surface area contributed by atoms with Crippen LogP contribution < -0.4 is 0 Å². The van der Waals surface area contributed by atoms with Crippen LogP contribution in [-0.4, -0.2) is 46.9 Å². The van der Waals surface area contributed by atoms with E-state index in [1.54, 1.807) is 6.92 Å². The number of carbonyl (C=O) groups excluding carboxylic acids is 1. The molecular formula is C14H21N3O. The Morgan fingerprint density at radius 1 is 1.17 bits per heavy atom. The summed E-state index contributed by atoms with van der Waals surface area (Å²) in [4.78, 5) is 20.0. The molecule has 98 valence electrons. The number of rotatable bonds is 2. The van der Waals surface area contributed by atoms with Gasteiger partial charge in [0.25, 0.3) is 0 Å². The predicted octanol–water partition coefficient (Wildman–Crippen LogP) is 1.36. The monoisotopic (exact) mass is 247 g/mol. The van der Waals surface area contributed by atoms with Crippen molar-refractivity contribution in [3.8, 4) is 0 Å². The third-order valence-electron chi connectivity index (χ3n) is 3.37. The van der Waals surface area contributed by atoms with Crippen molar-refractivity contribution >= 4 is 5.91 Å². The van der Waals surface area contributed by atoms with Crippen molar-refractivity contribution in [1.82, 2.24) is 14.8 Å². The highest BCUT2D eigenvalue weighted by molar-refractivity contribution is 5.73. The van der Waals surface area contributed by atoms with Gasteiger partial charge < -0.3 is 4.90 Å². The number of aromatic nitrogens is 1. The Labute approximate surface area is 109 Å². The van der Waals surface area contributed by atoms with Gasteiger partial charge in [-0.05, 0) is 31.5 Å². The second-order valence-electron chi connectivity index (χ2n) is 5.04. The fourth-order valence-corrected chi connectivity index (χ4v) is 2.49. The fourth-order valence-electron chi connectivity index (χ4n) is 2.49. The van der Waals surface area contributed by atoms with E-state index >= 15 is 0 Å². The first-order valence-corrected chi connectivity index (χ1v) is 6.46. The molecule has 18 heavy (non-hydrogen) atoms. The van der Waals surface area contributed by atoms with Gasteiger partial charge >= 0.3 is 0 Å². The van der Waals surface area contributed by atoms with E-state index in [4.69, 9.17) is 0 Å². The van der Waals surface area contributed by atoms with E-state index in [1.165, 1.54) is 5.56 Å². The first-order chi connectivity index (χ1) is 8.54. The van der Waals surface area contributed by atoms with Crippen molar-refractivity contribution in [1.29, 1.82) is 0 Å².